The van der Waals surface area contributed by atoms with Crippen LogP contribution in [0.2, 0.25) is 21.0 Å². The van der Waals surface area contributed by atoms with E-state index in [0.717, 1.165) is 0 Å². The molecule has 0 saturated carbocycles. The van der Waals surface area contributed by atoms with Crippen molar-refractivity contribution in [1.82, 2.24) is 0 Å². The van der Waals surface area contributed by atoms with E-state index in [1.54, 1.807) is 59.5 Å². The summed E-state index contributed by atoms with van der Waals surface area (Å²) in [7, 11) is 0. The predicted octanol–water partition coefficient (Wildman–Crippen LogP) is 3.80. The first kappa shape index (κ1) is 8.16. The van der Waals surface area contributed by atoms with Gasteiger partial charge in [-0.15, -0.1) is 0 Å². The normalized spacial score (nSPS) is 30.5. The average Bonchev–Trinajstić information content (AvgIpc) is 2.07. The fourth-order valence-electron chi connectivity index (χ4n) is 3.10. The van der Waals surface area contributed by atoms with E-state index in [2.05, 4.69) is 0 Å². The summed E-state index contributed by atoms with van der Waals surface area (Å²) in [5.41, 5.74) is 0. The molecule has 2 aliphatic rings. The minimum absolute atomic E-state index is 1.07. The van der Waals surface area contributed by atoms with Crippen molar-refractivity contribution >= 4 is 13.3 Å². The molecule has 0 unspecified atom stereocenters. The zero-order valence-corrected chi connectivity index (χ0v) is 9.67. The Morgan fingerprint density at radius 2 is 0.818 bits per heavy atom. The third-order valence-electron chi connectivity index (χ3n) is 3.83. The molecular weight excluding hydrogens is 193 g/mol. The Bertz CT molecular complexity index is 99.3. The zero-order valence-electron chi connectivity index (χ0n) is 7.57. The van der Waals surface area contributed by atoms with Crippen molar-refractivity contribution in [2.75, 3.05) is 0 Å². The van der Waals surface area contributed by atoms with E-state index in [0.29, 0.717) is 0 Å². The number of hydrogen-bond acceptors (Lipinski definition) is 0. The predicted molar refractivity (Wildman–Crippen MR) is 52.7 cm³/mol. The van der Waals surface area contributed by atoms with Gasteiger partial charge in [0.25, 0.3) is 0 Å². The van der Waals surface area contributed by atoms with Gasteiger partial charge in [-0.05, 0) is 0 Å². The standard InChI is InChI=1S/C10H20Ge/c1-3-7-11(8-4-1)9-5-2-6-10-11/h1-10H2. The van der Waals surface area contributed by atoms with Crippen LogP contribution in [0.25, 0.3) is 0 Å². The summed E-state index contributed by atoms with van der Waals surface area (Å²) in [5, 5.41) is 7.00. The van der Waals surface area contributed by atoms with E-state index in [9.17, 15) is 0 Å². The van der Waals surface area contributed by atoms with E-state index in [-0.39, 0.29) is 0 Å². The quantitative estimate of drug-likeness (QED) is 0.536. The van der Waals surface area contributed by atoms with Gasteiger partial charge in [0, 0.05) is 0 Å². The second-order valence-electron chi connectivity index (χ2n) is 4.62. The van der Waals surface area contributed by atoms with Crippen LogP contribution in [0.15, 0.2) is 0 Å². The SMILES string of the molecule is C1C[CH2][Ge]2([CH2]C1)[CH2]CCC[CH2]2. The molecular formula is C10H20Ge. The van der Waals surface area contributed by atoms with Crippen LogP contribution in [-0.4, -0.2) is 13.3 Å². The summed E-state index contributed by atoms with van der Waals surface area (Å²) in [6, 6.07) is 0. The van der Waals surface area contributed by atoms with Gasteiger partial charge in [0.05, 0.1) is 0 Å². The molecule has 2 fully saturated rings. The van der Waals surface area contributed by atoms with Crippen molar-refractivity contribution in [3.8, 4) is 0 Å². The molecule has 0 bridgehead atoms. The molecule has 64 valence electrons. The molecule has 0 aliphatic carbocycles. The van der Waals surface area contributed by atoms with Crippen LogP contribution < -0.4 is 0 Å². The van der Waals surface area contributed by atoms with Crippen molar-refractivity contribution in [3.63, 3.8) is 0 Å². The topological polar surface area (TPSA) is 0 Å². The van der Waals surface area contributed by atoms with E-state index in [1.807, 2.05) is 0 Å². The molecule has 0 aromatic heterocycles. The molecule has 1 spiro atoms. The maximum atomic E-state index is 1.75. The van der Waals surface area contributed by atoms with Crippen LogP contribution in [0.5, 0.6) is 0 Å². The first-order chi connectivity index (χ1) is 5.41. The fourth-order valence-corrected chi connectivity index (χ4v) is 14.6. The van der Waals surface area contributed by atoms with E-state index in [1.165, 1.54) is 0 Å². The summed E-state index contributed by atoms with van der Waals surface area (Å²) in [4.78, 5) is 0. The van der Waals surface area contributed by atoms with Crippen LogP contribution in [0.3, 0.4) is 0 Å². The maximum absolute atomic E-state index is 1.75. The molecule has 2 aliphatic heterocycles. The van der Waals surface area contributed by atoms with Gasteiger partial charge >= 0.3 is 72.8 Å². The van der Waals surface area contributed by atoms with Crippen LogP contribution in [0.4, 0.5) is 0 Å². The van der Waals surface area contributed by atoms with Gasteiger partial charge in [-0.3, -0.25) is 0 Å². The van der Waals surface area contributed by atoms with Gasteiger partial charge in [0.15, 0.2) is 0 Å². The van der Waals surface area contributed by atoms with Gasteiger partial charge in [0.2, 0.25) is 0 Å². The van der Waals surface area contributed by atoms with E-state index >= 15 is 0 Å². The summed E-state index contributed by atoms with van der Waals surface area (Å²) < 4.78 is 0. The number of hydrogen-bond donors (Lipinski definition) is 0. The zero-order chi connectivity index (χ0) is 7.57. The molecule has 2 rings (SSSR count). The second kappa shape index (κ2) is 3.51. The molecule has 0 N–H and O–H groups in total. The van der Waals surface area contributed by atoms with Crippen LogP contribution >= 0.6 is 0 Å². The van der Waals surface area contributed by atoms with Crippen molar-refractivity contribution < 1.29 is 0 Å². The Hall–Kier alpha value is 0.543. The van der Waals surface area contributed by atoms with Crippen molar-refractivity contribution in [3.05, 3.63) is 0 Å². The molecule has 2 saturated heterocycles. The van der Waals surface area contributed by atoms with Crippen LogP contribution in [-0.2, 0) is 0 Å². The molecule has 0 aromatic rings. The van der Waals surface area contributed by atoms with Gasteiger partial charge in [-0.25, -0.2) is 0 Å². The van der Waals surface area contributed by atoms with Crippen LogP contribution in [0.1, 0.15) is 38.5 Å². The van der Waals surface area contributed by atoms with Crippen LogP contribution in [0, 0.1) is 0 Å². The monoisotopic (exact) mass is 214 g/mol. The van der Waals surface area contributed by atoms with Gasteiger partial charge in [-0.2, -0.15) is 0 Å². The molecule has 2 heterocycles. The van der Waals surface area contributed by atoms with Gasteiger partial charge < -0.3 is 0 Å². The molecule has 0 aromatic carbocycles. The Morgan fingerprint density at radius 1 is 0.455 bits per heavy atom. The molecule has 0 atom stereocenters. The van der Waals surface area contributed by atoms with E-state index in [4.69, 9.17) is 0 Å². The van der Waals surface area contributed by atoms with E-state index < -0.39 is 13.3 Å². The van der Waals surface area contributed by atoms with Gasteiger partial charge in [-0.1, -0.05) is 0 Å². The minimum atomic E-state index is -1.07. The molecule has 1 heteroatoms. The Balaban J connectivity index is 1.94. The summed E-state index contributed by atoms with van der Waals surface area (Å²) in [5.74, 6) is 0. The fraction of sp³-hybridized carbons (Fsp3) is 1.00. The Kier molecular flexibility index (Phi) is 2.60. The third-order valence-corrected chi connectivity index (χ3v) is 15.7. The number of rotatable bonds is 0. The summed E-state index contributed by atoms with van der Waals surface area (Å²) in [6.45, 7) is 0. The van der Waals surface area contributed by atoms with Crippen molar-refractivity contribution in [2.24, 2.45) is 0 Å². The Morgan fingerprint density at radius 3 is 1.18 bits per heavy atom. The molecule has 0 nitrogen and oxygen atoms in total. The van der Waals surface area contributed by atoms with Gasteiger partial charge in [0.1, 0.15) is 0 Å². The van der Waals surface area contributed by atoms with Crippen molar-refractivity contribution in [2.45, 2.75) is 59.5 Å². The average molecular weight is 213 g/mol. The first-order valence-corrected chi connectivity index (χ1v) is 11.3. The Labute approximate surface area is 73.1 Å². The molecule has 0 radical (unpaired) electrons. The summed E-state index contributed by atoms with van der Waals surface area (Å²) >= 11 is -1.07. The second-order valence-corrected chi connectivity index (χ2v) is 15.1. The third kappa shape index (κ3) is 1.82. The molecule has 0 amide bonds. The molecule has 11 heavy (non-hydrogen) atoms. The first-order valence-electron chi connectivity index (χ1n) is 5.41. The van der Waals surface area contributed by atoms with Crippen molar-refractivity contribution in [1.29, 1.82) is 0 Å². The summed E-state index contributed by atoms with van der Waals surface area (Å²) in [6.07, 6.45) is 9.57.